The van der Waals surface area contributed by atoms with Crippen LogP contribution in [0.1, 0.15) is 6.42 Å². The smallest absolute Gasteiger partial charge is 0.475 e. The molecule has 1 saturated heterocycles. The number of carboxylic acid groups (broad SMARTS) is 1. The Bertz CT molecular complexity index is 241. The van der Waals surface area contributed by atoms with Crippen LogP contribution in [0.5, 0.6) is 0 Å². The van der Waals surface area contributed by atoms with E-state index in [1.807, 2.05) is 0 Å². The Morgan fingerprint density at radius 2 is 1.93 bits per heavy atom. The van der Waals surface area contributed by atoms with Gasteiger partial charge in [-0.25, -0.2) is 4.79 Å². The van der Waals surface area contributed by atoms with E-state index < -0.39 is 18.2 Å². The molecule has 0 spiro atoms. The lowest BCUT2D eigenvalue weighted by atomic mass is 10.3. The minimum Gasteiger partial charge on any atom is -0.475 e. The Kier molecular flexibility index (Phi) is 4.53. The topological polar surface area (TPSA) is 77.8 Å². The van der Waals surface area contributed by atoms with Crippen LogP contribution < -0.4 is 0 Å². The lowest BCUT2D eigenvalue weighted by molar-refractivity contribution is -0.192. The summed E-state index contributed by atoms with van der Waals surface area (Å²) in [6.45, 7) is 0.694. The van der Waals surface area contributed by atoms with Crippen molar-refractivity contribution in [3.63, 3.8) is 0 Å². The number of hydrogen-bond donors (Lipinski definition) is 2. The van der Waals surface area contributed by atoms with Crippen LogP contribution in [0.2, 0.25) is 0 Å². The molecular formula is C7H10F3NO4. The Morgan fingerprint density at radius 1 is 1.53 bits per heavy atom. The summed E-state index contributed by atoms with van der Waals surface area (Å²) in [4.78, 5) is 21.0. The Labute approximate surface area is 83.1 Å². The molecule has 1 aliphatic rings. The lowest BCUT2D eigenvalue weighted by Gasteiger charge is -2.04. The molecule has 2 N–H and O–H groups in total. The molecule has 1 atom stereocenters. The Balaban J connectivity index is 0.000000265. The summed E-state index contributed by atoms with van der Waals surface area (Å²) in [6, 6.07) is 0. The zero-order valence-corrected chi connectivity index (χ0v) is 7.78. The van der Waals surface area contributed by atoms with Crippen molar-refractivity contribution in [2.75, 3.05) is 13.6 Å². The van der Waals surface area contributed by atoms with E-state index in [1.54, 1.807) is 7.05 Å². The summed E-state index contributed by atoms with van der Waals surface area (Å²) in [6.07, 6.45) is -5.21. The number of halogens is 3. The number of carbonyl (C=O) groups excluding carboxylic acids is 1. The van der Waals surface area contributed by atoms with Crippen LogP contribution in [0.4, 0.5) is 13.2 Å². The van der Waals surface area contributed by atoms with E-state index in [0.29, 0.717) is 13.0 Å². The van der Waals surface area contributed by atoms with E-state index in [4.69, 9.17) is 15.0 Å². The second-order valence-corrected chi connectivity index (χ2v) is 2.87. The van der Waals surface area contributed by atoms with Crippen LogP contribution in [0.25, 0.3) is 0 Å². The first-order valence-electron chi connectivity index (χ1n) is 3.89. The zero-order valence-electron chi connectivity index (χ0n) is 7.78. The summed E-state index contributed by atoms with van der Waals surface area (Å²) in [5.41, 5.74) is 0. The van der Waals surface area contributed by atoms with Crippen molar-refractivity contribution in [3.8, 4) is 0 Å². The number of hydrogen-bond acceptors (Lipinski definition) is 3. The van der Waals surface area contributed by atoms with Gasteiger partial charge in [0.25, 0.3) is 5.91 Å². The molecule has 0 saturated carbocycles. The van der Waals surface area contributed by atoms with Crippen molar-refractivity contribution in [3.05, 3.63) is 0 Å². The molecule has 0 aromatic carbocycles. The van der Waals surface area contributed by atoms with Crippen LogP contribution in [0, 0.1) is 0 Å². The number of rotatable bonds is 0. The number of aliphatic carboxylic acids is 1. The number of likely N-dealkylation sites (tertiary alicyclic amines) is 1. The molecule has 1 rings (SSSR count). The predicted octanol–water partition coefficient (Wildman–Crippen LogP) is -0.157. The number of aliphatic hydroxyl groups excluding tert-OH is 1. The molecule has 8 heteroatoms. The lowest BCUT2D eigenvalue weighted by Crippen LogP contribution is -2.24. The number of nitrogens with zero attached hydrogens (tertiary/aromatic N) is 1. The molecule has 1 aliphatic heterocycles. The quantitative estimate of drug-likeness (QED) is 0.605. The van der Waals surface area contributed by atoms with Crippen molar-refractivity contribution in [2.45, 2.75) is 18.7 Å². The third-order valence-corrected chi connectivity index (χ3v) is 1.64. The highest BCUT2D eigenvalue weighted by atomic mass is 19.4. The third-order valence-electron chi connectivity index (χ3n) is 1.64. The highest BCUT2D eigenvalue weighted by Crippen LogP contribution is 2.13. The molecule has 88 valence electrons. The van der Waals surface area contributed by atoms with Crippen molar-refractivity contribution in [2.24, 2.45) is 0 Å². The molecule has 1 unspecified atom stereocenters. The van der Waals surface area contributed by atoms with Crippen molar-refractivity contribution in [1.29, 1.82) is 0 Å². The fourth-order valence-corrected chi connectivity index (χ4v) is 0.804. The minimum atomic E-state index is -5.08. The largest absolute Gasteiger partial charge is 0.490 e. The average molecular weight is 229 g/mol. The van der Waals surface area contributed by atoms with E-state index in [0.717, 1.165) is 0 Å². The first-order chi connectivity index (χ1) is 6.66. The maximum atomic E-state index is 10.6. The average Bonchev–Trinajstić information content (AvgIpc) is 2.36. The van der Waals surface area contributed by atoms with Gasteiger partial charge in [-0.1, -0.05) is 0 Å². The second kappa shape index (κ2) is 4.96. The van der Waals surface area contributed by atoms with Gasteiger partial charge >= 0.3 is 12.1 Å². The van der Waals surface area contributed by atoms with Gasteiger partial charge in [-0.15, -0.1) is 0 Å². The van der Waals surface area contributed by atoms with E-state index in [9.17, 15) is 18.0 Å². The number of likely N-dealkylation sites (N-methyl/N-ethyl adjacent to an activating group) is 1. The van der Waals surface area contributed by atoms with Crippen molar-refractivity contribution >= 4 is 11.9 Å². The molecule has 0 bridgehead atoms. The molecule has 15 heavy (non-hydrogen) atoms. The fraction of sp³-hybridized carbons (Fsp3) is 0.714. The van der Waals surface area contributed by atoms with Gasteiger partial charge in [0.05, 0.1) is 0 Å². The number of amides is 1. The zero-order chi connectivity index (χ0) is 12.2. The van der Waals surface area contributed by atoms with E-state index in [1.165, 1.54) is 4.90 Å². The highest BCUT2D eigenvalue weighted by molar-refractivity contribution is 5.82. The number of carboxylic acids is 1. The summed E-state index contributed by atoms with van der Waals surface area (Å²) in [7, 11) is 1.69. The van der Waals surface area contributed by atoms with E-state index in [-0.39, 0.29) is 5.91 Å². The summed E-state index contributed by atoms with van der Waals surface area (Å²) < 4.78 is 31.7. The standard InChI is InChI=1S/C5H9NO2.C2HF3O2/c1-6-3-2-4(7)5(6)8;3-2(4,5)1(6)7/h4,7H,2-3H2,1H3;(H,6,7). The van der Waals surface area contributed by atoms with Gasteiger partial charge in [0.1, 0.15) is 6.10 Å². The minimum absolute atomic E-state index is 0.148. The number of aliphatic hydroxyl groups is 1. The molecule has 1 heterocycles. The van der Waals surface area contributed by atoms with E-state index in [2.05, 4.69) is 0 Å². The second-order valence-electron chi connectivity index (χ2n) is 2.87. The van der Waals surface area contributed by atoms with Crippen molar-refractivity contribution in [1.82, 2.24) is 4.90 Å². The Morgan fingerprint density at radius 3 is 2.00 bits per heavy atom. The van der Waals surface area contributed by atoms with Crippen LogP contribution in [-0.2, 0) is 9.59 Å². The van der Waals surface area contributed by atoms with Gasteiger partial charge in [-0.05, 0) is 6.42 Å². The molecule has 5 nitrogen and oxygen atoms in total. The SMILES string of the molecule is CN1CCC(O)C1=O.O=C(O)C(F)(F)F. The first kappa shape index (κ1) is 13.7. The summed E-state index contributed by atoms with van der Waals surface area (Å²) >= 11 is 0. The maximum absolute atomic E-state index is 10.6. The maximum Gasteiger partial charge on any atom is 0.490 e. The van der Waals surface area contributed by atoms with E-state index >= 15 is 0 Å². The molecular weight excluding hydrogens is 219 g/mol. The van der Waals surface area contributed by atoms with Crippen LogP contribution in [-0.4, -0.2) is 52.9 Å². The van der Waals surface area contributed by atoms with Crippen LogP contribution in [0.15, 0.2) is 0 Å². The molecule has 0 aromatic heterocycles. The monoisotopic (exact) mass is 229 g/mol. The normalized spacial score (nSPS) is 21.0. The predicted molar refractivity (Wildman–Crippen MR) is 42.0 cm³/mol. The number of carbonyl (C=O) groups is 2. The summed E-state index contributed by atoms with van der Waals surface area (Å²) in [5, 5.41) is 15.9. The van der Waals surface area contributed by atoms with Gasteiger partial charge in [-0.3, -0.25) is 4.79 Å². The molecule has 0 radical (unpaired) electrons. The molecule has 1 fully saturated rings. The molecule has 1 amide bonds. The van der Waals surface area contributed by atoms with Crippen LogP contribution >= 0.6 is 0 Å². The first-order valence-corrected chi connectivity index (χ1v) is 3.89. The van der Waals surface area contributed by atoms with Gasteiger partial charge < -0.3 is 15.1 Å². The van der Waals surface area contributed by atoms with Gasteiger partial charge in [0, 0.05) is 13.6 Å². The molecule has 0 aliphatic carbocycles. The van der Waals surface area contributed by atoms with Gasteiger partial charge in [0.15, 0.2) is 0 Å². The summed E-state index contributed by atoms with van der Waals surface area (Å²) in [5.74, 6) is -2.91. The molecule has 0 aromatic rings. The van der Waals surface area contributed by atoms with Crippen molar-refractivity contribution < 1.29 is 33.0 Å². The van der Waals surface area contributed by atoms with Crippen LogP contribution in [0.3, 0.4) is 0 Å². The fourth-order valence-electron chi connectivity index (χ4n) is 0.804. The van der Waals surface area contributed by atoms with Gasteiger partial charge in [-0.2, -0.15) is 13.2 Å². The third kappa shape index (κ3) is 4.63. The Hall–Kier alpha value is -1.31. The highest BCUT2D eigenvalue weighted by Gasteiger charge is 2.38. The van der Waals surface area contributed by atoms with Gasteiger partial charge in [0.2, 0.25) is 0 Å². The number of alkyl halides is 3.